The number of aromatic nitrogens is 2. The lowest BCUT2D eigenvalue weighted by Gasteiger charge is -2.22. The highest BCUT2D eigenvalue weighted by Crippen LogP contribution is 2.14. The van der Waals surface area contributed by atoms with Crippen molar-refractivity contribution in [2.24, 2.45) is 0 Å². The van der Waals surface area contributed by atoms with Crippen molar-refractivity contribution in [2.45, 2.75) is 26.6 Å². The number of nitrogens with one attached hydrogen (secondary N) is 1. The van der Waals surface area contributed by atoms with Crippen molar-refractivity contribution in [1.82, 2.24) is 20.0 Å². The summed E-state index contributed by atoms with van der Waals surface area (Å²) in [5, 5.41) is 8.07. The fraction of sp³-hybridized carbons (Fsp3) is 0.286. The van der Waals surface area contributed by atoms with Crippen LogP contribution < -0.4 is 10.9 Å². The Morgan fingerprint density at radius 1 is 1.07 bits per heavy atom. The van der Waals surface area contributed by atoms with Gasteiger partial charge >= 0.3 is 0 Å². The fourth-order valence-electron chi connectivity index (χ4n) is 3.16. The molecule has 0 aliphatic rings. The first-order valence-corrected chi connectivity index (χ1v) is 9.12. The highest BCUT2D eigenvalue weighted by atomic mass is 16.2. The highest BCUT2D eigenvalue weighted by molar-refractivity contribution is 6.04. The van der Waals surface area contributed by atoms with E-state index in [-0.39, 0.29) is 17.2 Å². The first kappa shape index (κ1) is 18.8. The van der Waals surface area contributed by atoms with Crippen LogP contribution in [0.25, 0.3) is 10.8 Å². The van der Waals surface area contributed by atoms with E-state index in [2.05, 4.69) is 34.4 Å². The zero-order chi connectivity index (χ0) is 19.2. The molecule has 1 N–H and O–H groups in total. The third-order valence-corrected chi connectivity index (χ3v) is 4.43. The van der Waals surface area contributed by atoms with Crippen LogP contribution in [-0.2, 0) is 13.2 Å². The molecule has 0 unspecified atom stereocenters. The molecule has 0 aliphatic carbocycles. The monoisotopic (exact) mass is 364 g/mol. The van der Waals surface area contributed by atoms with Gasteiger partial charge in [-0.25, -0.2) is 4.68 Å². The van der Waals surface area contributed by atoms with Gasteiger partial charge in [-0.1, -0.05) is 55.5 Å². The highest BCUT2D eigenvalue weighted by Gasteiger charge is 2.17. The Bertz CT molecular complexity index is 982. The lowest BCUT2D eigenvalue weighted by molar-refractivity contribution is 0.0955. The smallest absolute Gasteiger partial charge is 0.275 e. The first-order chi connectivity index (χ1) is 13.1. The first-order valence-electron chi connectivity index (χ1n) is 9.12. The summed E-state index contributed by atoms with van der Waals surface area (Å²) in [5.41, 5.74) is 1.25. The molecule has 0 atom stereocenters. The molecule has 0 fully saturated rings. The summed E-state index contributed by atoms with van der Waals surface area (Å²) in [5.74, 6) is -0.301. The largest absolute Gasteiger partial charge is 0.354 e. The molecule has 3 aromatic rings. The van der Waals surface area contributed by atoms with Crippen molar-refractivity contribution in [3.05, 3.63) is 76.2 Å². The number of amides is 1. The third kappa shape index (κ3) is 4.23. The lowest BCUT2D eigenvalue weighted by Crippen LogP contribution is -2.36. The van der Waals surface area contributed by atoms with Crippen molar-refractivity contribution < 1.29 is 4.79 Å². The van der Waals surface area contributed by atoms with Crippen molar-refractivity contribution in [1.29, 1.82) is 0 Å². The molecule has 0 bridgehead atoms. The number of fused-ring (bicyclic) bond motifs is 1. The number of nitrogens with zero attached hydrogens (tertiary/aromatic N) is 3. The molecular weight excluding hydrogens is 340 g/mol. The second-order valence-corrected chi connectivity index (χ2v) is 6.46. The van der Waals surface area contributed by atoms with Crippen LogP contribution in [-0.4, -0.2) is 34.2 Å². The molecule has 2 aromatic carbocycles. The molecule has 1 amide bonds. The van der Waals surface area contributed by atoms with Crippen molar-refractivity contribution in [3.8, 4) is 0 Å². The van der Waals surface area contributed by atoms with E-state index in [1.54, 1.807) is 31.3 Å². The van der Waals surface area contributed by atoms with E-state index < -0.39 is 0 Å². The molecule has 6 heteroatoms. The van der Waals surface area contributed by atoms with Crippen LogP contribution in [0.1, 0.15) is 29.4 Å². The number of hydrogen-bond donors (Lipinski definition) is 1. The topological polar surface area (TPSA) is 67.2 Å². The van der Waals surface area contributed by atoms with Crippen molar-refractivity contribution in [2.75, 3.05) is 13.6 Å². The molecule has 0 saturated heterocycles. The second-order valence-electron chi connectivity index (χ2n) is 6.46. The van der Waals surface area contributed by atoms with Gasteiger partial charge in [-0.05, 0) is 24.6 Å². The summed E-state index contributed by atoms with van der Waals surface area (Å²) in [7, 11) is 1.56. The molecule has 3 rings (SSSR count). The van der Waals surface area contributed by atoms with E-state index in [1.165, 1.54) is 10.2 Å². The average Bonchev–Trinajstić information content (AvgIpc) is 2.70. The predicted molar refractivity (Wildman–Crippen MR) is 107 cm³/mol. The van der Waals surface area contributed by atoms with E-state index >= 15 is 0 Å². The number of benzene rings is 2. The number of carbonyl (C=O) groups is 1. The average molecular weight is 364 g/mol. The summed E-state index contributed by atoms with van der Waals surface area (Å²) in [6, 6.07) is 17.2. The minimum Gasteiger partial charge on any atom is -0.354 e. The lowest BCUT2D eigenvalue weighted by atomic mass is 10.1. The van der Waals surface area contributed by atoms with Gasteiger partial charge in [-0.2, -0.15) is 5.10 Å². The third-order valence-electron chi connectivity index (χ3n) is 4.43. The van der Waals surface area contributed by atoms with E-state index in [1.807, 2.05) is 18.2 Å². The maximum atomic E-state index is 12.9. The normalized spacial score (nSPS) is 11.1. The Morgan fingerprint density at radius 3 is 2.41 bits per heavy atom. The maximum Gasteiger partial charge on any atom is 0.275 e. The van der Waals surface area contributed by atoms with Gasteiger partial charge < -0.3 is 5.32 Å². The standard InChI is InChI=1S/C21H24N4O2/c1-3-13-24(14-16-9-5-4-6-10-16)15-25-21(27)18-12-8-7-11-17(18)19(23-25)20(26)22-2/h4-12H,3,13-15H2,1-2H3,(H,22,26). The van der Waals surface area contributed by atoms with E-state index in [0.29, 0.717) is 24.0 Å². The molecule has 0 spiro atoms. The van der Waals surface area contributed by atoms with Gasteiger partial charge in [0, 0.05) is 19.0 Å². The SMILES string of the molecule is CCCN(Cc1ccccc1)Cn1nc(C(=O)NC)c2ccccc2c1=O. The molecule has 1 aromatic heterocycles. The molecule has 6 nitrogen and oxygen atoms in total. The molecule has 140 valence electrons. The van der Waals surface area contributed by atoms with Gasteiger partial charge in [0.15, 0.2) is 5.69 Å². The van der Waals surface area contributed by atoms with Gasteiger partial charge in [-0.3, -0.25) is 14.5 Å². The summed E-state index contributed by atoms with van der Waals surface area (Å²) < 4.78 is 1.39. The van der Waals surface area contributed by atoms with Gasteiger partial charge in [0.2, 0.25) is 0 Å². The van der Waals surface area contributed by atoms with Crippen LogP contribution in [0.15, 0.2) is 59.4 Å². The summed E-state index contributed by atoms with van der Waals surface area (Å²) in [6.45, 7) is 3.97. The van der Waals surface area contributed by atoms with E-state index in [0.717, 1.165) is 13.0 Å². The summed E-state index contributed by atoms with van der Waals surface area (Å²) in [6.07, 6.45) is 0.956. The van der Waals surface area contributed by atoms with Gasteiger partial charge in [-0.15, -0.1) is 0 Å². The molecule has 27 heavy (non-hydrogen) atoms. The van der Waals surface area contributed by atoms with E-state index in [9.17, 15) is 9.59 Å². The van der Waals surface area contributed by atoms with Crippen molar-refractivity contribution in [3.63, 3.8) is 0 Å². The molecule has 0 saturated carbocycles. The summed E-state index contributed by atoms with van der Waals surface area (Å²) >= 11 is 0. The molecule has 1 heterocycles. The quantitative estimate of drug-likeness (QED) is 0.700. The molecule has 0 radical (unpaired) electrons. The zero-order valence-corrected chi connectivity index (χ0v) is 15.7. The minimum atomic E-state index is -0.301. The second kappa shape index (κ2) is 8.60. The van der Waals surface area contributed by atoms with Crippen molar-refractivity contribution >= 4 is 16.7 Å². The van der Waals surface area contributed by atoms with Crippen LogP contribution in [0.2, 0.25) is 0 Å². The Labute approximate surface area is 158 Å². The van der Waals surface area contributed by atoms with E-state index in [4.69, 9.17) is 0 Å². The van der Waals surface area contributed by atoms with Crippen LogP contribution in [0.4, 0.5) is 0 Å². The Morgan fingerprint density at radius 2 is 1.74 bits per heavy atom. The van der Waals surface area contributed by atoms with Gasteiger partial charge in [0.05, 0.1) is 12.1 Å². The molecule has 0 aliphatic heterocycles. The minimum absolute atomic E-state index is 0.188. The van der Waals surface area contributed by atoms with Gasteiger partial charge in [0.1, 0.15) is 0 Å². The molecular formula is C21H24N4O2. The van der Waals surface area contributed by atoms with Crippen LogP contribution in [0, 0.1) is 0 Å². The number of hydrogen-bond acceptors (Lipinski definition) is 4. The van der Waals surface area contributed by atoms with Gasteiger partial charge in [0.25, 0.3) is 11.5 Å². The summed E-state index contributed by atoms with van der Waals surface area (Å²) in [4.78, 5) is 27.4. The maximum absolute atomic E-state index is 12.9. The number of carbonyl (C=O) groups excluding carboxylic acids is 1. The predicted octanol–water partition coefficient (Wildman–Crippen LogP) is 2.63. The van der Waals surface area contributed by atoms with Crippen LogP contribution >= 0.6 is 0 Å². The Kier molecular flexibility index (Phi) is 5.98. The number of rotatable bonds is 7. The fourth-order valence-corrected chi connectivity index (χ4v) is 3.16. The zero-order valence-electron chi connectivity index (χ0n) is 15.7. The van der Waals surface area contributed by atoms with Crippen LogP contribution in [0.5, 0.6) is 0 Å². The Hall–Kier alpha value is -2.99. The van der Waals surface area contributed by atoms with Crippen LogP contribution in [0.3, 0.4) is 0 Å². The Balaban J connectivity index is 2.00.